The molecular weight excluding hydrogens is 357 g/mol. The largest absolute Gasteiger partial charge is 0.496 e. The molecule has 0 spiro atoms. The summed E-state index contributed by atoms with van der Waals surface area (Å²) in [5, 5.41) is 2.85. The first-order valence-electron chi connectivity index (χ1n) is 9.11. The number of amides is 1. The molecule has 0 bridgehead atoms. The van der Waals surface area contributed by atoms with Crippen molar-refractivity contribution in [2.75, 3.05) is 19.0 Å². The Morgan fingerprint density at radius 1 is 1.04 bits per heavy atom. The number of rotatable bonds is 6. The number of fused-ring (bicyclic) bond motifs is 1. The van der Waals surface area contributed by atoms with E-state index in [1.54, 1.807) is 19.2 Å². The minimum atomic E-state index is -0.246. The van der Waals surface area contributed by atoms with Crippen LogP contribution in [0.2, 0.25) is 0 Å². The number of benzene rings is 3. The van der Waals surface area contributed by atoms with Crippen molar-refractivity contribution in [3.8, 4) is 22.6 Å². The van der Waals surface area contributed by atoms with Crippen LogP contribution in [0.1, 0.15) is 11.1 Å². The number of nitrogens with one attached hydrogen (secondary N) is 1. The molecule has 1 heterocycles. The zero-order valence-electron chi connectivity index (χ0n) is 15.5. The molecule has 0 radical (unpaired) electrons. The van der Waals surface area contributed by atoms with Crippen LogP contribution in [0.25, 0.3) is 11.1 Å². The summed E-state index contributed by atoms with van der Waals surface area (Å²) in [6, 6.07) is 18.0. The van der Waals surface area contributed by atoms with Gasteiger partial charge in [0, 0.05) is 12.1 Å². The van der Waals surface area contributed by atoms with Gasteiger partial charge >= 0.3 is 0 Å². The zero-order valence-corrected chi connectivity index (χ0v) is 15.5. The fraction of sp³-hybridized carbons (Fsp3) is 0.174. The van der Waals surface area contributed by atoms with E-state index in [9.17, 15) is 9.18 Å². The molecule has 4 rings (SSSR count). The first-order chi connectivity index (χ1) is 13.6. The maximum atomic E-state index is 13.0. The number of ether oxygens (including phenoxy) is 2. The fourth-order valence-corrected chi connectivity index (χ4v) is 3.40. The van der Waals surface area contributed by atoms with Gasteiger partial charge in [-0.1, -0.05) is 24.3 Å². The Hall–Kier alpha value is -3.34. The Morgan fingerprint density at radius 3 is 2.61 bits per heavy atom. The quantitative estimate of drug-likeness (QED) is 0.682. The second kappa shape index (κ2) is 7.72. The predicted molar refractivity (Wildman–Crippen MR) is 106 cm³/mol. The Bertz CT molecular complexity index is 1010. The Balaban J connectivity index is 1.59. The van der Waals surface area contributed by atoms with Gasteiger partial charge in [-0.25, -0.2) is 4.39 Å². The molecule has 1 aliphatic rings. The molecule has 0 saturated heterocycles. The summed E-state index contributed by atoms with van der Waals surface area (Å²) in [5.74, 6) is 1.17. The van der Waals surface area contributed by atoms with Gasteiger partial charge in [-0.3, -0.25) is 4.79 Å². The molecule has 0 aliphatic carbocycles. The summed E-state index contributed by atoms with van der Waals surface area (Å²) < 4.78 is 24.7. The second-order valence-corrected chi connectivity index (χ2v) is 6.66. The molecule has 3 aromatic carbocycles. The van der Waals surface area contributed by atoms with E-state index < -0.39 is 0 Å². The van der Waals surface area contributed by atoms with E-state index in [4.69, 9.17) is 9.47 Å². The normalized spacial score (nSPS) is 12.4. The van der Waals surface area contributed by atoms with E-state index in [2.05, 4.69) is 5.32 Å². The van der Waals surface area contributed by atoms with Crippen LogP contribution in [0.5, 0.6) is 11.5 Å². The van der Waals surface area contributed by atoms with Crippen molar-refractivity contribution in [1.82, 2.24) is 0 Å². The monoisotopic (exact) mass is 377 g/mol. The minimum absolute atomic E-state index is 0.00273. The minimum Gasteiger partial charge on any atom is -0.496 e. The summed E-state index contributed by atoms with van der Waals surface area (Å²) in [6.07, 6.45) is 1.04. The summed E-state index contributed by atoms with van der Waals surface area (Å²) in [7, 11) is 1.62. The molecule has 4 nitrogen and oxygen atoms in total. The smallest absolute Gasteiger partial charge is 0.228 e. The molecule has 0 unspecified atom stereocenters. The average molecular weight is 377 g/mol. The summed E-state index contributed by atoms with van der Waals surface area (Å²) in [5.41, 5.74) is 4.61. The van der Waals surface area contributed by atoms with Gasteiger partial charge in [-0.15, -0.1) is 0 Å². The van der Waals surface area contributed by atoms with Crippen molar-refractivity contribution in [3.05, 3.63) is 77.6 Å². The highest BCUT2D eigenvalue weighted by Gasteiger charge is 2.20. The molecule has 1 N–H and O–H groups in total. The van der Waals surface area contributed by atoms with E-state index >= 15 is 0 Å². The third-order valence-corrected chi connectivity index (χ3v) is 4.79. The standard InChI is InChI=1S/C23H20FNO3/c1-27-20-3-2-4-21(28-12-11-15-5-8-18(24)9-6-15)23(20)16-7-10-19-17(13-16)14-22(26)25-19/h2-10,13H,11-12,14H2,1H3,(H,25,26). The van der Waals surface area contributed by atoms with Crippen LogP contribution < -0.4 is 14.8 Å². The summed E-state index contributed by atoms with van der Waals surface area (Å²) in [4.78, 5) is 11.7. The lowest BCUT2D eigenvalue weighted by molar-refractivity contribution is -0.115. The SMILES string of the molecule is COc1cccc(OCCc2ccc(F)cc2)c1-c1ccc2c(c1)CC(=O)N2. The van der Waals surface area contributed by atoms with Gasteiger partial charge in [0.15, 0.2) is 0 Å². The number of anilines is 1. The van der Waals surface area contributed by atoms with E-state index in [0.29, 0.717) is 30.9 Å². The summed E-state index contributed by atoms with van der Waals surface area (Å²) in [6.45, 7) is 0.455. The average Bonchev–Trinajstić information content (AvgIpc) is 3.08. The highest BCUT2D eigenvalue weighted by atomic mass is 19.1. The van der Waals surface area contributed by atoms with Crippen LogP contribution in [0.15, 0.2) is 60.7 Å². The molecule has 1 aliphatic heterocycles. The van der Waals surface area contributed by atoms with Crippen molar-refractivity contribution >= 4 is 11.6 Å². The third kappa shape index (κ3) is 3.69. The maximum Gasteiger partial charge on any atom is 0.228 e. The van der Waals surface area contributed by atoms with E-state index in [1.807, 2.05) is 36.4 Å². The van der Waals surface area contributed by atoms with Crippen molar-refractivity contribution in [3.63, 3.8) is 0 Å². The highest BCUT2D eigenvalue weighted by molar-refractivity contribution is 6.00. The first kappa shape index (κ1) is 18.0. The van der Waals surface area contributed by atoms with Crippen LogP contribution in [0.3, 0.4) is 0 Å². The lowest BCUT2D eigenvalue weighted by atomic mass is 10.00. The lowest BCUT2D eigenvalue weighted by Gasteiger charge is -2.16. The summed E-state index contributed by atoms with van der Waals surface area (Å²) >= 11 is 0. The Morgan fingerprint density at radius 2 is 1.82 bits per heavy atom. The topological polar surface area (TPSA) is 47.6 Å². The van der Waals surface area contributed by atoms with E-state index in [-0.39, 0.29) is 11.7 Å². The highest BCUT2D eigenvalue weighted by Crippen LogP contribution is 2.40. The van der Waals surface area contributed by atoms with Gasteiger partial charge in [0.1, 0.15) is 17.3 Å². The number of hydrogen-bond donors (Lipinski definition) is 1. The van der Waals surface area contributed by atoms with Gasteiger partial charge in [0.25, 0.3) is 0 Å². The number of carbonyl (C=O) groups is 1. The van der Waals surface area contributed by atoms with Gasteiger partial charge in [0.2, 0.25) is 5.91 Å². The molecule has 28 heavy (non-hydrogen) atoms. The first-order valence-corrected chi connectivity index (χ1v) is 9.11. The molecule has 0 saturated carbocycles. The van der Waals surface area contributed by atoms with Gasteiger partial charge in [-0.05, 0) is 53.1 Å². The number of methoxy groups -OCH3 is 1. The molecule has 0 aromatic heterocycles. The predicted octanol–water partition coefficient (Wildman–Crippen LogP) is 4.62. The van der Waals surface area contributed by atoms with Crippen LogP contribution in [0, 0.1) is 5.82 Å². The molecule has 0 atom stereocenters. The van der Waals surface area contributed by atoms with Crippen LogP contribution in [-0.2, 0) is 17.6 Å². The van der Waals surface area contributed by atoms with E-state index in [1.165, 1.54) is 12.1 Å². The Labute approximate surface area is 162 Å². The van der Waals surface area contributed by atoms with Crippen molar-refractivity contribution in [1.29, 1.82) is 0 Å². The molecule has 3 aromatic rings. The van der Waals surface area contributed by atoms with Crippen molar-refractivity contribution < 1.29 is 18.7 Å². The van der Waals surface area contributed by atoms with E-state index in [0.717, 1.165) is 27.9 Å². The van der Waals surface area contributed by atoms with Gasteiger partial charge in [0.05, 0.1) is 25.7 Å². The molecule has 0 fully saturated rings. The van der Waals surface area contributed by atoms with Crippen LogP contribution >= 0.6 is 0 Å². The number of hydrogen-bond acceptors (Lipinski definition) is 3. The van der Waals surface area contributed by atoms with Crippen LogP contribution in [-0.4, -0.2) is 19.6 Å². The van der Waals surface area contributed by atoms with Crippen LogP contribution in [0.4, 0.5) is 10.1 Å². The Kier molecular flexibility index (Phi) is 4.98. The number of halogens is 1. The van der Waals surface area contributed by atoms with Gasteiger partial charge < -0.3 is 14.8 Å². The van der Waals surface area contributed by atoms with Crippen molar-refractivity contribution in [2.24, 2.45) is 0 Å². The second-order valence-electron chi connectivity index (χ2n) is 6.66. The van der Waals surface area contributed by atoms with Crippen molar-refractivity contribution in [2.45, 2.75) is 12.8 Å². The molecule has 142 valence electrons. The third-order valence-electron chi connectivity index (χ3n) is 4.79. The maximum absolute atomic E-state index is 13.0. The number of carbonyl (C=O) groups excluding carboxylic acids is 1. The lowest BCUT2D eigenvalue weighted by Crippen LogP contribution is -2.03. The zero-order chi connectivity index (χ0) is 19.5. The van der Waals surface area contributed by atoms with Gasteiger partial charge in [-0.2, -0.15) is 0 Å². The molecule has 1 amide bonds. The molecule has 5 heteroatoms. The molecular formula is C23H20FNO3. The fourth-order valence-electron chi connectivity index (χ4n) is 3.40.